The summed E-state index contributed by atoms with van der Waals surface area (Å²) in [6.07, 6.45) is 14.5. The highest BCUT2D eigenvalue weighted by Gasteiger charge is 2.17. The van der Waals surface area contributed by atoms with Crippen LogP contribution in [-0.4, -0.2) is 0 Å². The second-order valence-corrected chi connectivity index (χ2v) is 8.34. The van der Waals surface area contributed by atoms with Crippen molar-refractivity contribution < 1.29 is 0 Å². The van der Waals surface area contributed by atoms with Gasteiger partial charge in [-0.15, -0.1) is 6.42 Å². The molecular weight excluding hydrogens is 324 g/mol. The van der Waals surface area contributed by atoms with Crippen molar-refractivity contribution in [1.29, 1.82) is 0 Å². The minimum atomic E-state index is 0.554. The highest BCUT2D eigenvalue weighted by molar-refractivity contribution is 5.67. The maximum atomic E-state index is 5.62. The first-order valence-corrected chi connectivity index (χ1v) is 10.5. The van der Waals surface area contributed by atoms with Gasteiger partial charge in [-0.3, -0.25) is 0 Å². The van der Waals surface area contributed by atoms with Crippen LogP contribution in [0.15, 0.2) is 54.6 Å². The van der Waals surface area contributed by atoms with E-state index in [0.717, 1.165) is 18.4 Å². The molecular formula is C27H32. The second-order valence-electron chi connectivity index (χ2n) is 8.34. The molecule has 0 nitrogen and oxygen atoms in total. The second kappa shape index (κ2) is 9.09. The molecule has 0 amide bonds. The van der Waals surface area contributed by atoms with E-state index in [1.54, 1.807) is 0 Å². The van der Waals surface area contributed by atoms with Gasteiger partial charge in [-0.05, 0) is 71.9 Å². The first kappa shape index (κ1) is 19.5. The number of terminal acetylenes is 1. The molecule has 140 valence electrons. The average Bonchev–Trinajstić information content (AvgIpc) is 2.72. The molecule has 0 heteroatoms. The van der Waals surface area contributed by atoms with Gasteiger partial charge in [-0.25, -0.2) is 0 Å². The largest absolute Gasteiger partial charge is 0.115 e. The van der Waals surface area contributed by atoms with Crippen molar-refractivity contribution in [3.63, 3.8) is 0 Å². The van der Waals surface area contributed by atoms with Gasteiger partial charge in [0.1, 0.15) is 0 Å². The van der Waals surface area contributed by atoms with E-state index in [1.165, 1.54) is 59.9 Å². The van der Waals surface area contributed by atoms with Gasteiger partial charge in [0.15, 0.2) is 0 Å². The monoisotopic (exact) mass is 356 g/mol. The molecule has 1 saturated carbocycles. The zero-order chi connectivity index (χ0) is 19.2. The van der Waals surface area contributed by atoms with Crippen molar-refractivity contribution >= 4 is 0 Å². The van der Waals surface area contributed by atoms with E-state index in [4.69, 9.17) is 6.42 Å². The molecule has 1 fully saturated rings. The molecule has 2 aromatic carbocycles. The van der Waals surface area contributed by atoms with Gasteiger partial charge in [0, 0.05) is 5.56 Å². The summed E-state index contributed by atoms with van der Waals surface area (Å²) < 4.78 is 0. The maximum absolute atomic E-state index is 5.62. The van der Waals surface area contributed by atoms with Crippen molar-refractivity contribution in [3.05, 3.63) is 71.3 Å². The van der Waals surface area contributed by atoms with Gasteiger partial charge >= 0.3 is 0 Å². The quantitative estimate of drug-likeness (QED) is 0.371. The predicted octanol–water partition coefficient (Wildman–Crippen LogP) is 7.53. The summed E-state index contributed by atoms with van der Waals surface area (Å²) in [4.78, 5) is 0. The fraction of sp³-hybridized carbons (Fsp3) is 0.407. The Hall–Kier alpha value is -2.26. The first-order chi connectivity index (χ1) is 13.1. The third-order valence-corrected chi connectivity index (χ3v) is 6.01. The van der Waals surface area contributed by atoms with Crippen LogP contribution in [-0.2, 0) is 6.42 Å². The van der Waals surface area contributed by atoms with E-state index < -0.39 is 0 Å². The third kappa shape index (κ3) is 5.14. The lowest BCUT2D eigenvalue weighted by Gasteiger charge is -2.23. The summed E-state index contributed by atoms with van der Waals surface area (Å²) in [5, 5.41) is 0. The summed E-state index contributed by atoms with van der Waals surface area (Å²) in [5.41, 5.74) is 7.77. The minimum absolute atomic E-state index is 0.554. The molecule has 0 heterocycles. The molecule has 2 aromatic rings. The Labute approximate surface area is 165 Å². The summed E-state index contributed by atoms with van der Waals surface area (Å²) in [7, 11) is 0. The van der Waals surface area contributed by atoms with Crippen molar-refractivity contribution in [3.8, 4) is 23.5 Å². The SMILES string of the molecule is C#Cc1cccc(-c2cc(CCC(=C)C(C)C)cc(C3CCCCC3)c2)c1. The number of aryl methyl sites for hydroxylation is 1. The highest BCUT2D eigenvalue weighted by atomic mass is 14.2. The molecule has 1 aliphatic carbocycles. The van der Waals surface area contributed by atoms with E-state index in [0.29, 0.717) is 11.8 Å². The van der Waals surface area contributed by atoms with E-state index >= 15 is 0 Å². The van der Waals surface area contributed by atoms with Crippen LogP contribution in [0, 0.1) is 18.3 Å². The lowest BCUT2D eigenvalue weighted by Crippen LogP contribution is -2.06. The maximum Gasteiger partial charge on any atom is 0.0248 e. The van der Waals surface area contributed by atoms with Gasteiger partial charge in [0.25, 0.3) is 0 Å². The Morgan fingerprint density at radius 3 is 2.56 bits per heavy atom. The van der Waals surface area contributed by atoms with Crippen LogP contribution in [0.2, 0.25) is 0 Å². The summed E-state index contributed by atoms with van der Waals surface area (Å²) >= 11 is 0. The molecule has 0 saturated heterocycles. The Bertz CT molecular complexity index is 825. The van der Waals surface area contributed by atoms with Gasteiger partial charge in [0.2, 0.25) is 0 Å². The number of allylic oxidation sites excluding steroid dienone is 1. The molecule has 27 heavy (non-hydrogen) atoms. The van der Waals surface area contributed by atoms with Gasteiger partial charge in [-0.2, -0.15) is 0 Å². The van der Waals surface area contributed by atoms with Crippen LogP contribution in [0.3, 0.4) is 0 Å². The topological polar surface area (TPSA) is 0 Å². The van der Waals surface area contributed by atoms with Crippen LogP contribution in [0.4, 0.5) is 0 Å². The molecule has 0 bridgehead atoms. The van der Waals surface area contributed by atoms with Crippen molar-refractivity contribution in [2.45, 2.75) is 64.7 Å². The Morgan fingerprint density at radius 1 is 1.07 bits per heavy atom. The van der Waals surface area contributed by atoms with E-state index in [9.17, 15) is 0 Å². The van der Waals surface area contributed by atoms with Crippen molar-refractivity contribution in [2.75, 3.05) is 0 Å². The zero-order valence-electron chi connectivity index (χ0n) is 16.9. The fourth-order valence-corrected chi connectivity index (χ4v) is 4.08. The molecule has 3 rings (SSSR count). The van der Waals surface area contributed by atoms with Crippen LogP contribution >= 0.6 is 0 Å². The number of benzene rings is 2. The third-order valence-electron chi connectivity index (χ3n) is 6.01. The first-order valence-electron chi connectivity index (χ1n) is 10.5. The number of hydrogen-bond donors (Lipinski definition) is 0. The lowest BCUT2D eigenvalue weighted by atomic mass is 9.82. The molecule has 0 N–H and O–H groups in total. The van der Waals surface area contributed by atoms with Crippen LogP contribution < -0.4 is 0 Å². The average molecular weight is 357 g/mol. The number of hydrogen-bond acceptors (Lipinski definition) is 0. The molecule has 0 aliphatic heterocycles. The molecule has 0 aromatic heterocycles. The van der Waals surface area contributed by atoms with E-state index in [2.05, 4.69) is 62.7 Å². The standard InChI is InChI=1S/C27H32/c1-5-22-10-9-13-25(16-22)27-18-23(15-14-21(4)20(2)3)17-26(19-27)24-11-7-6-8-12-24/h1,9-10,13,16-20,24H,4,6-8,11-12,14-15H2,2-3H3. The molecule has 0 radical (unpaired) electrons. The summed E-state index contributed by atoms with van der Waals surface area (Å²) in [5.74, 6) is 4.03. The Balaban J connectivity index is 1.94. The fourth-order valence-electron chi connectivity index (χ4n) is 4.08. The molecule has 0 atom stereocenters. The molecule has 0 spiro atoms. The smallest absolute Gasteiger partial charge is 0.0248 e. The lowest BCUT2D eigenvalue weighted by molar-refractivity contribution is 0.443. The van der Waals surface area contributed by atoms with Gasteiger partial charge in [0.05, 0.1) is 0 Å². The Morgan fingerprint density at radius 2 is 1.85 bits per heavy atom. The summed E-state index contributed by atoms with van der Waals surface area (Å²) in [6.45, 7) is 8.73. The molecule has 1 aliphatic rings. The van der Waals surface area contributed by atoms with Gasteiger partial charge < -0.3 is 0 Å². The van der Waals surface area contributed by atoms with Crippen LogP contribution in [0.1, 0.15) is 75.0 Å². The normalized spacial score (nSPS) is 14.9. The van der Waals surface area contributed by atoms with Gasteiger partial charge in [-0.1, -0.05) is 81.5 Å². The molecule has 0 unspecified atom stereocenters. The predicted molar refractivity (Wildman–Crippen MR) is 118 cm³/mol. The summed E-state index contributed by atoms with van der Waals surface area (Å²) in [6, 6.07) is 15.6. The minimum Gasteiger partial charge on any atom is -0.115 e. The van der Waals surface area contributed by atoms with E-state index in [1.807, 2.05) is 6.07 Å². The number of rotatable bonds is 6. The zero-order valence-corrected chi connectivity index (χ0v) is 16.9. The van der Waals surface area contributed by atoms with Crippen LogP contribution in [0.25, 0.3) is 11.1 Å². The Kier molecular flexibility index (Phi) is 6.57. The van der Waals surface area contributed by atoms with Crippen molar-refractivity contribution in [2.24, 2.45) is 5.92 Å². The van der Waals surface area contributed by atoms with E-state index in [-0.39, 0.29) is 0 Å². The highest BCUT2D eigenvalue weighted by Crippen LogP contribution is 2.36. The van der Waals surface area contributed by atoms with Crippen LogP contribution in [0.5, 0.6) is 0 Å². The van der Waals surface area contributed by atoms with Crippen molar-refractivity contribution in [1.82, 2.24) is 0 Å².